The summed E-state index contributed by atoms with van der Waals surface area (Å²) in [5.74, 6) is 0.387. The standard InChI is InChI=1S/C14H23N3O2S/c1-12(14-6-3-7-15-10-14)16-9-13-5-4-8-17(11-13)20(2,18)19/h3,6-7,10,12-13,16H,4-5,8-9,11H2,1-2H3/t12-,13?/m1/s1. The van der Waals surface area contributed by atoms with Crippen LogP contribution in [-0.2, 0) is 10.0 Å². The highest BCUT2D eigenvalue weighted by atomic mass is 32.2. The Bertz CT molecular complexity index is 518. The minimum atomic E-state index is -3.05. The molecule has 6 heteroatoms. The van der Waals surface area contributed by atoms with E-state index in [-0.39, 0.29) is 6.04 Å². The Morgan fingerprint density at radius 3 is 3.00 bits per heavy atom. The predicted octanol–water partition coefficient (Wildman–Crippen LogP) is 1.40. The number of nitrogens with one attached hydrogen (secondary N) is 1. The van der Waals surface area contributed by atoms with Crippen LogP contribution < -0.4 is 5.32 Å². The van der Waals surface area contributed by atoms with Crippen LogP contribution in [0.25, 0.3) is 0 Å². The minimum Gasteiger partial charge on any atom is -0.310 e. The molecule has 0 spiro atoms. The van der Waals surface area contributed by atoms with Crippen molar-refractivity contribution in [3.05, 3.63) is 30.1 Å². The van der Waals surface area contributed by atoms with Gasteiger partial charge in [0.25, 0.3) is 0 Å². The van der Waals surface area contributed by atoms with Crippen molar-refractivity contribution in [2.75, 3.05) is 25.9 Å². The smallest absolute Gasteiger partial charge is 0.211 e. The zero-order valence-corrected chi connectivity index (χ0v) is 12.9. The zero-order valence-electron chi connectivity index (χ0n) is 12.1. The number of nitrogens with zero attached hydrogens (tertiary/aromatic N) is 2. The highest BCUT2D eigenvalue weighted by Gasteiger charge is 2.25. The molecule has 0 amide bonds. The Labute approximate surface area is 121 Å². The van der Waals surface area contributed by atoms with Crippen molar-refractivity contribution in [3.8, 4) is 0 Å². The summed E-state index contributed by atoms with van der Waals surface area (Å²) in [5.41, 5.74) is 1.16. The molecule has 1 aromatic rings. The van der Waals surface area contributed by atoms with E-state index in [9.17, 15) is 8.42 Å². The van der Waals surface area contributed by atoms with Crippen LogP contribution in [0, 0.1) is 5.92 Å². The summed E-state index contributed by atoms with van der Waals surface area (Å²) in [5, 5.41) is 3.48. The van der Waals surface area contributed by atoms with Gasteiger partial charge in [0.15, 0.2) is 0 Å². The Hall–Kier alpha value is -0.980. The highest BCUT2D eigenvalue weighted by Crippen LogP contribution is 2.19. The quantitative estimate of drug-likeness (QED) is 0.892. The molecule has 1 aliphatic rings. The number of aromatic nitrogens is 1. The van der Waals surface area contributed by atoms with Gasteiger partial charge in [0.1, 0.15) is 0 Å². The Balaban J connectivity index is 1.85. The molecular formula is C14H23N3O2S. The number of rotatable bonds is 5. The molecule has 1 fully saturated rings. The average Bonchev–Trinajstić information content (AvgIpc) is 2.45. The van der Waals surface area contributed by atoms with Gasteiger partial charge in [0.2, 0.25) is 10.0 Å². The fourth-order valence-corrected chi connectivity index (χ4v) is 3.53. The van der Waals surface area contributed by atoms with Crippen LogP contribution in [0.3, 0.4) is 0 Å². The first-order chi connectivity index (χ1) is 9.47. The summed E-state index contributed by atoms with van der Waals surface area (Å²) >= 11 is 0. The summed E-state index contributed by atoms with van der Waals surface area (Å²) in [6.07, 6.45) is 6.95. The Morgan fingerprint density at radius 1 is 1.55 bits per heavy atom. The lowest BCUT2D eigenvalue weighted by Gasteiger charge is -2.31. The van der Waals surface area contributed by atoms with Crippen LogP contribution in [0.2, 0.25) is 0 Å². The Kier molecular flexibility index (Phi) is 5.12. The van der Waals surface area contributed by atoms with Gasteiger partial charge in [0, 0.05) is 31.5 Å². The number of hydrogen-bond donors (Lipinski definition) is 1. The summed E-state index contributed by atoms with van der Waals surface area (Å²) < 4.78 is 24.8. The van der Waals surface area contributed by atoms with E-state index in [1.54, 1.807) is 10.5 Å². The van der Waals surface area contributed by atoms with Gasteiger partial charge in [-0.15, -0.1) is 0 Å². The van der Waals surface area contributed by atoms with Gasteiger partial charge >= 0.3 is 0 Å². The number of pyridine rings is 1. The van der Waals surface area contributed by atoms with Gasteiger partial charge in [-0.25, -0.2) is 12.7 Å². The molecule has 2 heterocycles. The van der Waals surface area contributed by atoms with Crippen LogP contribution in [0.4, 0.5) is 0 Å². The molecule has 1 saturated heterocycles. The second-order valence-electron chi connectivity index (χ2n) is 5.55. The van der Waals surface area contributed by atoms with E-state index in [2.05, 4.69) is 17.2 Å². The van der Waals surface area contributed by atoms with Crippen LogP contribution in [0.5, 0.6) is 0 Å². The summed E-state index contributed by atoms with van der Waals surface area (Å²) in [4.78, 5) is 4.12. The fraction of sp³-hybridized carbons (Fsp3) is 0.643. The second-order valence-corrected chi connectivity index (χ2v) is 7.53. The lowest BCUT2D eigenvalue weighted by atomic mass is 9.99. The lowest BCUT2D eigenvalue weighted by Crippen LogP contribution is -2.42. The fourth-order valence-electron chi connectivity index (χ4n) is 2.59. The number of sulfonamides is 1. The predicted molar refractivity (Wildman–Crippen MR) is 79.8 cm³/mol. The number of piperidine rings is 1. The maximum Gasteiger partial charge on any atom is 0.211 e. The van der Waals surface area contributed by atoms with E-state index >= 15 is 0 Å². The summed E-state index contributed by atoms with van der Waals surface area (Å²) in [6, 6.07) is 4.21. The summed E-state index contributed by atoms with van der Waals surface area (Å²) in [7, 11) is -3.05. The Morgan fingerprint density at radius 2 is 2.35 bits per heavy atom. The van der Waals surface area contributed by atoms with Gasteiger partial charge in [0.05, 0.1) is 6.26 Å². The molecule has 2 rings (SSSR count). The van der Waals surface area contributed by atoms with Gasteiger partial charge in [-0.3, -0.25) is 4.98 Å². The van der Waals surface area contributed by atoms with Gasteiger partial charge in [-0.2, -0.15) is 0 Å². The van der Waals surface area contributed by atoms with E-state index in [1.807, 2.05) is 18.3 Å². The SMILES string of the molecule is C[C@@H](NCC1CCCN(S(C)(=O)=O)C1)c1cccnc1. The van der Waals surface area contributed by atoms with Crippen molar-refractivity contribution in [1.82, 2.24) is 14.6 Å². The van der Waals surface area contributed by atoms with Crippen molar-refractivity contribution in [1.29, 1.82) is 0 Å². The molecule has 2 atom stereocenters. The largest absolute Gasteiger partial charge is 0.310 e. The third-order valence-electron chi connectivity index (χ3n) is 3.85. The zero-order chi connectivity index (χ0) is 14.6. The van der Waals surface area contributed by atoms with Crippen LogP contribution in [0.1, 0.15) is 31.4 Å². The van der Waals surface area contributed by atoms with Crippen molar-refractivity contribution in [3.63, 3.8) is 0 Å². The lowest BCUT2D eigenvalue weighted by molar-refractivity contribution is 0.257. The molecule has 0 bridgehead atoms. The van der Waals surface area contributed by atoms with E-state index in [0.717, 1.165) is 24.9 Å². The van der Waals surface area contributed by atoms with E-state index in [0.29, 0.717) is 19.0 Å². The first-order valence-corrected chi connectivity index (χ1v) is 8.90. The third kappa shape index (κ3) is 4.26. The molecule has 1 aliphatic heterocycles. The highest BCUT2D eigenvalue weighted by molar-refractivity contribution is 7.88. The average molecular weight is 297 g/mol. The van der Waals surface area contributed by atoms with Crippen molar-refractivity contribution < 1.29 is 8.42 Å². The first-order valence-electron chi connectivity index (χ1n) is 7.05. The monoisotopic (exact) mass is 297 g/mol. The molecule has 0 saturated carbocycles. The van der Waals surface area contributed by atoms with Gasteiger partial charge < -0.3 is 5.32 Å². The molecule has 0 aromatic carbocycles. The van der Waals surface area contributed by atoms with Crippen molar-refractivity contribution >= 4 is 10.0 Å². The molecule has 20 heavy (non-hydrogen) atoms. The normalized spacial score (nSPS) is 22.6. The van der Waals surface area contributed by atoms with Crippen LogP contribution >= 0.6 is 0 Å². The topological polar surface area (TPSA) is 62.3 Å². The number of hydrogen-bond acceptors (Lipinski definition) is 4. The molecule has 1 aromatic heterocycles. The van der Waals surface area contributed by atoms with Crippen LogP contribution in [-0.4, -0.2) is 43.6 Å². The maximum atomic E-state index is 11.6. The van der Waals surface area contributed by atoms with Gasteiger partial charge in [-0.1, -0.05) is 6.07 Å². The maximum absolute atomic E-state index is 11.6. The third-order valence-corrected chi connectivity index (χ3v) is 5.12. The van der Waals surface area contributed by atoms with E-state index < -0.39 is 10.0 Å². The second kappa shape index (κ2) is 6.65. The molecular weight excluding hydrogens is 274 g/mol. The van der Waals surface area contributed by atoms with E-state index in [4.69, 9.17) is 0 Å². The minimum absolute atomic E-state index is 0.234. The summed E-state index contributed by atoms with van der Waals surface area (Å²) in [6.45, 7) is 4.23. The first kappa shape index (κ1) is 15.4. The molecule has 5 nitrogen and oxygen atoms in total. The van der Waals surface area contributed by atoms with Crippen molar-refractivity contribution in [2.24, 2.45) is 5.92 Å². The van der Waals surface area contributed by atoms with Crippen molar-refractivity contribution in [2.45, 2.75) is 25.8 Å². The molecule has 0 radical (unpaired) electrons. The van der Waals surface area contributed by atoms with Gasteiger partial charge in [-0.05, 0) is 43.9 Å². The van der Waals surface area contributed by atoms with E-state index in [1.165, 1.54) is 6.26 Å². The molecule has 0 aliphatic carbocycles. The molecule has 1 N–H and O–H groups in total. The van der Waals surface area contributed by atoms with Crippen LogP contribution in [0.15, 0.2) is 24.5 Å². The molecule has 112 valence electrons. The molecule has 1 unspecified atom stereocenters.